The number of hydrogen-bond acceptors (Lipinski definition) is 4. The largest absolute Gasteiger partial charge is 0.396 e. The Hall–Kier alpha value is -1.69. The number of rotatable bonds is 6. The average Bonchev–Trinajstić information content (AvgIpc) is 2.76. The van der Waals surface area contributed by atoms with Crippen LogP contribution in [-0.2, 0) is 0 Å². The molecule has 2 N–H and O–H groups in total. The first-order valence-electron chi connectivity index (χ1n) is 6.37. The number of fused-ring (bicyclic) bond motifs is 1. The second kappa shape index (κ2) is 5.52. The second-order valence-electron chi connectivity index (χ2n) is 5.43. The quantitative estimate of drug-likeness (QED) is 0.840. The fourth-order valence-electron chi connectivity index (χ4n) is 1.90. The van der Waals surface area contributed by atoms with Crippen molar-refractivity contribution < 1.29 is 9.50 Å². The van der Waals surface area contributed by atoms with Gasteiger partial charge in [-0.1, -0.05) is 13.8 Å². The van der Waals surface area contributed by atoms with Crippen LogP contribution in [-0.4, -0.2) is 32.9 Å². The molecule has 0 aromatic carbocycles. The van der Waals surface area contributed by atoms with Crippen molar-refractivity contribution in [2.24, 2.45) is 5.41 Å². The van der Waals surface area contributed by atoms with E-state index in [0.717, 1.165) is 12.8 Å². The third-order valence-electron chi connectivity index (χ3n) is 3.03. The van der Waals surface area contributed by atoms with Crippen LogP contribution in [0.3, 0.4) is 0 Å². The number of nitrogens with one attached hydrogen (secondary N) is 1. The highest BCUT2D eigenvalue weighted by Gasteiger charge is 2.17. The molecule has 0 unspecified atom stereocenters. The Morgan fingerprint density at radius 1 is 1.42 bits per heavy atom. The Morgan fingerprint density at radius 3 is 2.95 bits per heavy atom. The van der Waals surface area contributed by atoms with E-state index >= 15 is 0 Å². The van der Waals surface area contributed by atoms with Gasteiger partial charge >= 0.3 is 0 Å². The molecule has 0 atom stereocenters. The summed E-state index contributed by atoms with van der Waals surface area (Å²) in [4.78, 5) is 4.26. The number of anilines is 1. The van der Waals surface area contributed by atoms with Crippen molar-refractivity contribution in [1.29, 1.82) is 0 Å². The maximum absolute atomic E-state index is 13.0. The van der Waals surface area contributed by atoms with Gasteiger partial charge in [0.15, 0.2) is 5.65 Å². The van der Waals surface area contributed by atoms with Gasteiger partial charge < -0.3 is 10.4 Å². The second-order valence-corrected chi connectivity index (χ2v) is 5.43. The molecule has 0 aliphatic rings. The Kier molecular flexibility index (Phi) is 3.99. The minimum atomic E-state index is -0.341. The summed E-state index contributed by atoms with van der Waals surface area (Å²) in [7, 11) is 0. The first kappa shape index (κ1) is 13.7. The van der Waals surface area contributed by atoms with Crippen LogP contribution in [0.4, 0.5) is 10.3 Å². The zero-order valence-electron chi connectivity index (χ0n) is 11.2. The summed E-state index contributed by atoms with van der Waals surface area (Å²) in [5.74, 6) is 0.148. The maximum Gasteiger partial charge on any atom is 0.243 e. The molecule has 0 aliphatic carbocycles. The lowest BCUT2D eigenvalue weighted by molar-refractivity contribution is 0.247. The molecule has 0 fully saturated rings. The Labute approximate surface area is 111 Å². The number of aliphatic hydroxyl groups is 1. The Morgan fingerprint density at radius 2 is 2.21 bits per heavy atom. The molecular formula is C13H19FN4O. The van der Waals surface area contributed by atoms with Gasteiger partial charge in [0.05, 0.1) is 6.20 Å². The fourth-order valence-corrected chi connectivity index (χ4v) is 1.90. The summed E-state index contributed by atoms with van der Waals surface area (Å²) in [5.41, 5.74) is 0.655. The summed E-state index contributed by atoms with van der Waals surface area (Å²) in [6.45, 7) is 5.14. The Bertz CT molecular complexity index is 553. The van der Waals surface area contributed by atoms with Crippen LogP contribution in [0.25, 0.3) is 5.65 Å². The van der Waals surface area contributed by atoms with E-state index in [1.54, 1.807) is 6.07 Å². The lowest BCUT2D eigenvalue weighted by Gasteiger charge is -2.24. The van der Waals surface area contributed by atoms with Gasteiger partial charge in [0.2, 0.25) is 5.95 Å². The highest BCUT2D eigenvalue weighted by Crippen LogP contribution is 2.22. The fraction of sp³-hybridized carbons (Fsp3) is 0.538. The molecule has 0 saturated heterocycles. The van der Waals surface area contributed by atoms with E-state index in [1.165, 1.54) is 16.8 Å². The molecule has 0 aliphatic heterocycles. The highest BCUT2D eigenvalue weighted by molar-refractivity contribution is 5.43. The molecule has 0 spiro atoms. The highest BCUT2D eigenvalue weighted by atomic mass is 19.1. The molecular weight excluding hydrogens is 247 g/mol. The van der Waals surface area contributed by atoms with Crippen molar-refractivity contribution in [2.45, 2.75) is 26.7 Å². The van der Waals surface area contributed by atoms with Crippen LogP contribution < -0.4 is 5.32 Å². The summed E-state index contributed by atoms with van der Waals surface area (Å²) in [5, 5.41) is 16.2. The van der Waals surface area contributed by atoms with Crippen molar-refractivity contribution in [2.75, 3.05) is 18.5 Å². The van der Waals surface area contributed by atoms with Gasteiger partial charge in [-0.25, -0.2) is 8.91 Å². The maximum atomic E-state index is 13.0. The number of pyridine rings is 1. The normalized spacial score (nSPS) is 12.0. The minimum Gasteiger partial charge on any atom is -0.396 e. The number of halogens is 1. The molecule has 2 aromatic rings. The zero-order valence-corrected chi connectivity index (χ0v) is 11.2. The number of aliphatic hydroxyl groups excluding tert-OH is 1. The van der Waals surface area contributed by atoms with Crippen molar-refractivity contribution in [1.82, 2.24) is 14.6 Å². The van der Waals surface area contributed by atoms with E-state index in [9.17, 15) is 4.39 Å². The van der Waals surface area contributed by atoms with Crippen molar-refractivity contribution in [3.63, 3.8) is 0 Å². The lowest BCUT2D eigenvalue weighted by Crippen LogP contribution is -2.23. The van der Waals surface area contributed by atoms with Crippen molar-refractivity contribution >= 4 is 11.6 Å². The summed E-state index contributed by atoms with van der Waals surface area (Å²) in [6.07, 6.45) is 2.99. The van der Waals surface area contributed by atoms with Crippen LogP contribution in [0.2, 0.25) is 0 Å². The van der Waals surface area contributed by atoms with E-state index in [0.29, 0.717) is 18.1 Å². The van der Waals surface area contributed by atoms with Crippen molar-refractivity contribution in [3.8, 4) is 0 Å². The molecule has 6 heteroatoms. The average molecular weight is 266 g/mol. The van der Waals surface area contributed by atoms with Gasteiger partial charge in [0.25, 0.3) is 0 Å². The lowest BCUT2D eigenvalue weighted by atomic mass is 9.88. The van der Waals surface area contributed by atoms with Crippen LogP contribution in [0.15, 0.2) is 18.3 Å². The molecule has 0 saturated carbocycles. The third kappa shape index (κ3) is 3.64. The first-order valence-corrected chi connectivity index (χ1v) is 6.37. The van der Waals surface area contributed by atoms with E-state index in [2.05, 4.69) is 29.2 Å². The summed E-state index contributed by atoms with van der Waals surface area (Å²) >= 11 is 0. The van der Waals surface area contributed by atoms with Crippen LogP contribution in [0.5, 0.6) is 0 Å². The van der Waals surface area contributed by atoms with E-state index in [-0.39, 0.29) is 17.8 Å². The van der Waals surface area contributed by atoms with E-state index in [1.807, 2.05) is 0 Å². The van der Waals surface area contributed by atoms with Crippen LogP contribution in [0.1, 0.15) is 26.7 Å². The number of nitrogens with zero attached hydrogens (tertiary/aromatic N) is 3. The SMILES string of the molecule is CC(C)(CCCO)CNc1nc2ccc(F)cn2n1. The monoisotopic (exact) mass is 266 g/mol. The van der Waals surface area contributed by atoms with Crippen LogP contribution in [0, 0.1) is 11.2 Å². The van der Waals surface area contributed by atoms with Crippen molar-refractivity contribution in [3.05, 3.63) is 24.1 Å². The molecule has 5 nitrogen and oxygen atoms in total. The van der Waals surface area contributed by atoms with Crippen LogP contribution >= 0.6 is 0 Å². The molecule has 2 aromatic heterocycles. The number of hydrogen-bond donors (Lipinski definition) is 2. The molecule has 2 rings (SSSR count). The molecule has 104 valence electrons. The molecule has 0 radical (unpaired) electrons. The minimum absolute atomic E-state index is 0.0471. The van der Waals surface area contributed by atoms with E-state index in [4.69, 9.17) is 5.11 Å². The summed E-state index contributed by atoms with van der Waals surface area (Å²) < 4.78 is 14.4. The van der Waals surface area contributed by atoms with E-state index < -0.39 is 0 Å². The zero-order chi connectivity index (χ0) is 13.9. The predicted octanol–water partition coefficient (Wildman–Crippen LogP) is 2.08. The van der Waals surface area contributed by atoms with Gasteiger partial charge in [-0.3, -0.25) is 0 Å². The van der Waals surface area contributed by atoms with Gasteiger partial charge in [-0.2, -0.15) is 4.98 Å². The smallest absolute Gasteiger partial charge is 0.243 e. The molecule has 19 heavy (non-hydrogen) atoms. The number of aromatic nitrogens is 3. The van der Waals surface area contributed by atoms with Gasteiger partial charge in [0.1, 0.15) is 5.82 Å². The molecule has 0 bridgehead atoms. The van der Waals surface area contributed by atoms with Gasteiger partial charge in [0, 0.05) is 13.2 Å². The third-order valence-corrected chi connectivity index (χ3v) is 3.03. The predicted molar refractivity (Wildman–Crippen MR) is 71.5 cm³/mol. The van der Waals surface area contributed by atoms with Gasteiger partial charge in [-0.15, -0.1) is 5.10 Å². The molecule has 0 amide bonds. The molecule has 2 heterocycles. The Balaban J connectivity index is 2.01. The topological polar surface area (TPSA) is 62.5 Å². The summed E-state index contributed by atoms with van der Waals surface area (Å²) in [6, 6.07) is 2.95. The first-order chi connectivity index (χ1) is 9.00. The standard InChI is InChI=1S/C13H19FN4O/c1-13(2,6-3-7-19)9-15-12-16-11-5-4-10(14)8-18(11)17-12/h4-5,8,19H,3,6-7,9H2,1-2H3,(H,15,17). The van der Waals surface area contributed by atoms with Gasteiger partial charge in [-0.05, 0) is 30.4 Å².